The van der Waals surface area contributed by atoms with Crippen LogP contribution in [-0.2, 0) is 6.61 Å². The van der Waals surface area contributed by atoms with E-state index in [1.165, 1.54) is 0 Å². The van der Waals surface area contributed by atoms with E-state index in [2.05, 4.69) is 10.6 Å². The van der Waals surface area contributed by atoms with Gasteiger partial charge in [0.05, 0.1) is 0 Å². The summed E-state index contributed by atoms with van der Waals surface area (Å²) in [7, 11) is 0. The van der Waals surface area contributed by atoms with Crippen LogP contribution in [-0.4, -0.2) is 24.9 Å². The molecule has 0 aliphatic carbocycles. The van der Waals surface area contributed by atoms with Crippen LogP contribution in [0.2, 0.25) is 5.02 Å². The number of nitrogens with one attached hydrogen (secondary N) is 2. The number of hydrogen-bond donors (Lipinski definition) is 2. The summed E-state index contributed by atoms with van der Waals surface area (Å²) < 4.78 is 5.71. The lowest BCUT2D eigenvalue weighted by Crippen LogP contribution is -2.34. The highest BCUT2D eigenvalue weighted by Gasteiger charge is 2.07. The summed E-state index contributed by atoms with van der Waals surface area (Å²) in [6.45, 7) is 1.03. The summed E-state index contributed by atoms with van der Waals surface area (Å²) in [5.74, 6) is 0.271. The third-order valence-electron chi connectivity index (χ3n) is 4.20. The molecule has 0 spiro atoms. The number of hydrogen-bond acceptors (Lipinski definition) is 3. The van der Waals surface area contributed by atoms with Gasteiger partial charge in [0.25, 0.3) is 11.8 Å². The molecule has 0 aliphatic heterocycles. The lowest BCUT2D eigenvalue weighted by molar-refractivity contribution is 0.0927. The van der Waals surface area contributed by atoms with Gasteiger partial charge in [-0.1, -0.05) is 48.0 Å². The van der Waals surface area contributed by atoms with E-state index < -0.39 is 0 Å². The van der Waals surface area contributed by atoms with Crippen molar-refractivity contribution in [1.82, 2.24) is 10.6 Å². The Labute approximate surface area is 174 Å². The van der Waals surface area contributed by atoms with Crippen LogP contribution in [0.3, 0.4) is 0 Å². The molecule has 2 amide bonds. The summed E-state index contributed by atoms with van der Waals surface area (Å²) in [6.07, 6.45) is 0. The predicted molar refractivity (Wildman–Crippen MR) is 113 cm³/mol. The number of ether oxygens (including phenoxy) is 1. The number of halogens is 1. The Hall–Kier alpha value is -3.31. The summed E-state index contributed by atoms with van der Waals surface area (Å²) in [5.41, 5.74) is 2.00. The Morgan fingerprint density at radius 3 is 1.90 bits per heavy atom. The minimum Gasteiger partial charge on any atom is -0.489 e. The molecule has 0 aliphatic rings. The van der Waals surface area contributed by atoms with Gasteiger partial charge < -0.3 is 15.4 Å². The van der Waals surface area contributed by atoms with Gasteiger partial charge in [0, 0.05) is 34.8 Å². The van der Waals surface area contributed by atoms with E-state index in [1.54, 1.807) is 48.5 Å². The molecule has 0 bridgehead atoms. The quantitative estimate of drug-likeness (QED) is 0.552. The molecule has 6 heteroatoms. The molecule has 0 heterocycles. The summed E-state index contributed by atoms with van der Waals surface area (Å²) in [6, 6.07) is 23.3. The summed E-state index contributed by atoms with van der Waals surface area (Å²) in [4.78, 5) is 24.1. The van der Waals surface area contributed by atoms with Gasteiger partial charge in [0.1, 0.15) is 12.4 Å². The highest BCUT2D eigenvalue weighted by atomic mass is 35.5. The zero-order chi connectivity index (χ0) is 20.5. The first-order valence-electron chi connectivity index (χ1n) is 9.21. The number of benzene rings is 3. The van der Waals surface area contributed by atoms with Gasteiger partial charge in [-0.05, 0) is 42.5 Å². The van der Waals surface area contributed by atoms with E-state index in [1.807, 2.05) is 30.3 Å². The van der Waals surface area contributed by atoms with Crippen molar-refractivity contribution in [2.24, 2.45) is 0 Å². The van der Waals surface area contributed by atoms with Gasteiger partial charge in [-0.3, -0.25) is 9.59 Å². The lowest BCUT2D eigenvalue weighted by atomic mass is 10.2. The molecule has 0 fully saturated rings. The molecule has 3 rings (SSSR count). The minimum atomic E-state index is -0.211. The van der Waals surface area contributed by atoms with Crippen molar-refractivity contribution in [2.75, 3.05) is 13.1 Å². The van der Waals surface area contributed by atoms with Crippen LogP contribution in [0.5, 0.6) is 5.75 Å². The van der Waals surface area contributed by atoms with Gasteiger partial charge in [-0.15, -0.1) is 0 Å². The fourth-order valence-corrected chi connectivity index (χ4v) is 2.82. The molecule has 5 nitrogen and oxygen atoms in total. The van der Waals surface area contributed by atoms with Crippen LogP contribution >= 0.6 is 11.6 Å². The average molecular weight is 409 g/mol. The molecule has 3 aromatic carbocycles. The van der Waals surface area contributed by atoms with Crippen molar-refractivity contribution in [3.05, 3.63) is 101 Å². The van der Waals surface area contributed by atoms with E-state index in [-0.39, 0.29) is 11.8 Å². The van der Waals surface area contributed by atoms with E-state index in [0.717, 1.165) is 5.56 Å². The standard InChI is InChI=1S/C23H21ClN2O3/c24-21-9-5-4-8-19(21)16-29-20-12-10-18(11-13-20)23(28)26-15-14-25-22(27)17-6-2-1-3-7-17/h1-13H,14-16H2,(H,25,27)(H,26,28). The first kappa shape index (κ1) is 20.4. The van der Waals surface area contributed by atoms with Crippen molar-refractivity contribution >= 4 is 23.4 Å². The van der Waals surface area contributed by atoms with Crippen molar-refractivity contribution in [3.63, 3.8) is 0 Å². The Bertz CT molecular complexity index is 959. The Morgan fingerprint density at radius 1 is 0.724 bits per heavy atom. The highest BCUT2D eigenvalue weighted by Crippen LogP contribution is 2.19. The monoisotopic (exact) mass is 408 g/mol. The molecule has 148 valence electrons. The maximum Gasteiger partial charge on any atom is 0.251 e. The zero-order valence-corrected chi connectivity index (χ0v) is 16.5. The van der Waals surface area contributed by atoms with Crippen molar-refractivity contribution in [1.29, 1.82) is 0 Å². The van der Waals surface area contributed by atoms with Crippen LogP contribution in [0, 0.1) is 0 Å². The van der Waals surface area contributed by atoms with Crippen LogP contribution < -0.4 is 15.4 Å². The van der Waals surface area contributed by atoms with Gasteiger partial charge in [0.15, 0.2) is 0 Å². The largest absolute Gasteiger partial charge is 0.489 e. The first-order valence-corrected chi connectivity index (χ1v) is 9.59. The third-order valence-corrected chi connectivity index (χ3v) is 4.57. The summed E-state index contributed by atoms with van der Waals surface area (Å²) in [5, 5.41) is 6.20. The molecule has 0 atom stereocenters. The molecule has 0 saturated heterocycles. The number of carbonyl (C=O) groups excluding carboxylic acids is 2. The van der Waals surface area contributed by atoms with E-state index in [0.29, 0.717) is 41.6 Å². The van der Waals surface area contributed by atoms with E-state index >= 15 is 0 Å². The number of carbonyl (C=O) groups is 2. The molecule has 0 aromatic heterocycles. The van der Waals surface area contributed by atoms with Crippen LogP contribution in [0.4, 0.5) is 0 Å². The molecule has 29 heavy (non-hydrogen) atoms. The zero-order valence-electron chi connectivity index (χ0n) is 15.7. The molecule has 0 saturated carbocycles. The predicted octanol–water partition coefficient (Wildman–Crippen LogP) is 4.08. The second-order valence-electron chi connectivity index (χ2n) is 6.28. The Morgan fingerprint density at radius 2 is 1.28 bits per heavy atom. The molecule has 2 N–H and O–H groups in total. The van der Waals surface area contributed by atoms with Crippen LogP contribution in [0.25, 0.3) is 0 Å². The van der Waals surface area contributed by atoms with Gasteiger partial charge in [0.2, 0.25) is 0 Å². The topological polar surface area (TPSA) is 67.4 Å². The fourth-order valence-electron chi connectivity index (χ4n) is 2.62. The third kappa shape index (κ3) is 6.09. The van der Waals surface area contributed by atoms with E-state index in [4.69, 9.17) is 16.3 Å². The van der Waals surface area contributed by atoms with Crippen molar-refractivity contribution in [3.8, 4) is 5.75 Å². The minimum absolute atomic E-state index is 0.167. The second-order valence-corrected chi connectivity index (χ2v) is 6.69. The van der Waals surface area contributed by atoms with Gasteiger partial charge in [-0.25, -0.2) is 0 Å². The fraction of sp³-hybridized carbons (Fsp3) is 0.130. The molecular weight excluding hydrogens is 388 g/mol. The van der Waals surface area contributed by atoms with Crippen molar-refractivity contribution in [2.45, 2.75) is 6.61 Å². The van der Waals surface area contributed by atoms with Gasteiger partial charge in [-0.2, -0.15) is 0 Å². The molecule has 0 unspecified atom stereocenters. The summed E-state index contributed by atoms with van der Waals surface area (Å²) >= 11 is 6.11. The van der Waals surface area contributed by atoms with Crippen molar-refractivity contribution < 1.29 is 14.3 Å². The number of rotatable bonds is 8. The normalized spacial score (nSPS) is 10.2. The Balaban J connectivity index is 1.42. The average Bonchev–Trinajstić information content (AvgIpc) is 2.77. The lowest BCUT2D eigenvalue weighted by Gasteiger charge is -2.09. The molecule has 3 aromatic rings. The smallest absolute Gasteiger partial charge is 0.251 e. The second kappa shape index (κ2) is 10.3. The Kier molecular flexibility index (Phi) is 7.25. The van der Waals surface area contributed by atoms with Crippen LogP contribution in [0.1, 0.15) is 26.3 Å². The van der Waals surface area contributed by atoms with Gasteiger partial charge >= 0.3 is 0 Å². The highest BCUT2D eigenvalue weighted by molar-refractivity contribution is 6.31. The van der Waals surface area contributed by atoms with Crippen LogP contribution in [0.15, 0.2) is 78.9 Å². The molecular formula is C23H21ClN2O3. The SMILES string of the molecule is O=C(NCCNC(=O)c1ccc(OCc2ccccc2Cl)cc1)c1ccccc1. The maximum atomic E-state index is 12.2. The number of amides is 2. The molecule has 0 radical (unpaired) electrons. The first-order chi connectivity index (χ1) is 14.1. The maximum absolute atomic E-state index is 12.2. The van der Waals surface area contributed by atoms with E-state index in [9.17, 15) is 9.59 Å².